The van der Waals surface area contributed by atoms with Crippen molar-refractivity contribution in [2.45, 2.75) is 0 Å². The Morgan fingerprint density at radius 3 is 0.364 bits per heavy atom. The molecule has 0 aliphatic rings. The molecule has 0 fully saturated rings. The van der Waals surface area contributed by atoms with Crippen molar-refractivity contribution in [3.8, 4) is 0 Å². The van der Waals surface area contributed by atoms with E-state index >= 15 is 0 Å². The molecular formula is H21NaO9S. The van der Waals surface area contributed by atoms with Crippen LogP contribution in [0.2, 0.25) is 0 Å². The normalized spacial score (nSPS) is 0. The third-order valence-corrected chi connectivity index (χ3v) is 0. The fraction of sp³-hybridized carbons (Fsp3) is 0. The molecule has 0 aromatic rings. The van der Waals surface area contributed by atoms with Crippen LogP contribution in [0.3, 0.4) is 0 Å². The van der Waals surface area contributed by atoms with Crippen LogP contribution in [0.25, 0.3) is 0 Å². The fourth-order valence-corrected chi connectivity index (χ4v) is 0. The summed E-state index contributed by atoms with van der Waals surface area (Å²) in [5.41, 5.74) is 0. The van der Waals surface area contributed by atoms with Crippen LogP contribution in [0.5, 0.6) is 0 Å². The van der Waals surface area contributed by atoms with Crippen LogP contribution in [-0.2, 0) is 0 Å². The van der Waals surface area contributed by atoms with Crippen LogP contribution >= 0.6 is 13.5 Å². The number of rotatable bonds is 0. The zero-order valence-electron chi connectivity index (χ0n) is 7.00. The van der Waals surface area contributed by atoms with E-state index < -0.39 is 0 Å². The van der Waals surface area contributed by atoms with Gasteiger partial charge in [0.05, 0.1) is 0 Å². The minimum atomic E-state index is 0. The maximum absolute atomic E-state index is 0. The standard InChI is InChI=1S/Na.9H2O.H2S.H/h;10*1H2;/q+1;;;;;;;;;;;-1. The number of hydrogen-bond donors (Lipinski definition) is 0. The molecule has 0 radical (unpaired) electrons. The van der Waals surface area contributed by atoms with E-state index in [4.69, 9.17) is 0 Å². The maximum Gasteiger partial charge on any atom is 1.00 e. The molecule has 0 spiro atoms. The molecule has 0 amide bonds. The molecule has 0 saturated heterocycles. The Bertz CT molecular complexity index is 14.5. The second-order valence-corrected chi connectivity index (χ2v) is 0. The van der Waals surface area contributed by atoms with Crippen molar-refractivity contribution in [2.75, 3.05) is 0 Å². The summed E-state index contributed by atoms with van der Waals surface area (Å²) in [6.45, 7) is 0. The molecule has 0 heterocycles. The van der Waals surface area contributed by atoms with E-state index in [0.717, 1.165) is 0 Å². The van der Waals surface area contributed by atoms with Crippen molar-refractivity contribution in [1.29, 1.82) is 0 Å². The van der Waals surface area contributed by atoms with Crippen molar-refractivity contribution in [3.05, 3.63) is 0 Å². The van der Waals surface area contributed by atoms with Gasteiger partial charge >= 0.3 is 29.6 Å². The fourth-order valence-electron chi connectivity index (χ4n) is 0. The van der Waals surface area contributed by atoms with E-state index in [1.807, 2.05) is 0 Å². The maximum atomic E-state index is 0. The molecule has 82 valence electrons. The molecule has 0 aromatic heterocycles. The van der Waals surface area contributed by atoms with Gasteiger partial charge in [-0.25, -0.2) is 0 Å². The Kier molecular flexibility index (Phi) is 150000. The van der Waals surface area contributed by atoms with Crippen LogP contribution in [0.1, 0.15) is 1.43 Å². The summed E-state index contributed by atoms with van der Waals surface area (Å²) in [6.07, 6.45) is 0. The van der Waals surface area contributed by atoms with Gasteiger partial charge in [0.1, 0.15) is 0 Å². The van der Waals surface area contributed by atoms with E-state index in [-0.39, 0.29) is 93.8 Å². The van der Waals surface area contributed by atoms with E-state index in [1.165, 1.54) is 0 Å². The van der Waals surface area contributed by atoms with Gasteiger partial charge in [-0.3, -0.25) is 0 Å². The molecule has 0 aromatic carbocycles. The predicted molar refractivity (Wildman–Crippen MR) is 44.0 cm³/mol. The number of hydrogen-bond acceptors (Lipinski definition) is 0. The van der Waals surface area contributed by atoms with Gasteiger partial charge in [-0.05, 0) is 0 Å². The minimum Gasteiger partial charge on any atom is -1.00 e. The molecule has 0 atom stereocenters. The Balaban J connectivity index is 0. The Morgan fingerprint density at radius 1 is 0.364 bits per heavy atom. The van der Waals surface area contributed by atoms with E-state index in [0.29, 0.717) is 0 Å². The van der Waals surface area contributed by atoms with Gasteiger partial charge in [-0.2, -0.15) is 13.5 Å². The molecule has 9 nitrogen and oxygen atoms in total. The minimum absolute atomic E-state index is 0. The van der Waals surface area contributed by atoms with Crippen molar-refractivity contribution in [3.63, 3.8) is 0 Å². The molecule has 0 unspecified atom stereocenters. The molecule has 0 rings (SSSR count). The largest absolute Gasteiger partial charge is 1.00 e. The summed E-state index contributed by atoms with van der Waals surface area (Å²) < 4.78 is 0. The molecule has 0 aliphatic heterocycles. The Labute approximate surface area is 93.8 Å². The first kappa shape index (κ1) is 1480. The summed E-state index contributed by atoms with van der Waals surface area (Å²) in [6, 6.07) is 0. The topological polar surface area (TPSA) is 284 Å². The third-order valence-electron chi connectivity index (χ3n) is 0. The summed E-state index contributed by atoms with van der Waals surface area (Å²) >= 11 is 0. The first-order chi connectivity index (χ1) is 0. The van der Waals surface area contributed by atoms with Gasteiger partial charge in [-0.15, -0.1) is 0 Å². The van der Waals surface area contributed by atoms with Gasteiger partial charge in [0.15, 0.2) is 0 Å². The summed E-state index contributed by atoms with van der Waals surface area (Å²) in [5, 5.41) is 0. The molecule has 0 saturated carbocycles. The molecular weight excluding hydrogens is 199 g/mol. The van der Waals surface area contributed by atoms with Crippen molar-refractivity contribution in [1.82, 2.24) is 0 Å². The van der Waals surface area contributed by atoms with Crippen LogP contribution in [0.15, 0.2) is 0 Å². The summed E-state index contributed by atoms with van der Waals surface area (Å²) in [4.78, 5) is 0. The average Bonchev–Trinajstić information content (AvgIpc) is 0. The van der Waals surface area contributed by atoms with Gasteiger partial charge in [-0.1, -0.05) is 0 Å². The smallest absolute Gasteiger partial charge is 1.00 e. The first-order valence-electron chi connectivity index (χ1n) is 0. The van der Waals surface area contributed by atoms with Gasteiger partial charge in [0, 0.05) is 0 Å². The van der Waals surface area contributed by atoms with Gasteiger partial charge in [0.2, 0.25) is 0 Å². The van der Waals surface area contributed by atoms with E-state index in [1.54, 1.807) is 0 Å². The SMILES string of the molecule is O.O.O.O.O.O.O.O.O.S.[H-].[Na+]. The summed E-state index contributed by atoms with van der Waals surface area (Å²) in [7, 11) is 0. The van der Waals surface area contributed by atoms with Crippen LogP contribution in [-0.4, -0.2) is 49.3 Å². The van der Waals surface area contributed by atoms with E-state index in [9.17, 15) is 0 Å². The average molecular weight is 220 g/mol. The quantitative estimate of drug-likeness (QED) is 0.343. The van der Waals surface area contributed by atoms with Crippen molar-refractivity contribution in [2.24, 2.45) is 0 Å². The van der Waals surface area contributed by atoms with Gasteiger partial charge in [0.25, 0.3) is 0 Å². The van der Waals surface area contributed by atoms with Crippen molar-refractivity contribution >= 4 is 13.5 Å². The molecule has 0 bridgehead atoms. The molecule has 11 heteroatoms. The Morgan fingerprint density at radius 2 is 0.364 bits per heavy atom. The van der Waals surface area contributed by atoms with Crippen molar-refractivity contribution < 1.29 is 80.3 Å². The second-order valence-electron chi connectivity index (χ2n) is 0. The van der Waals surface area contributed by atoms with Crippen LogP contribution < -0.4 is 29.6 Å². The molecule has 0 aliphatic carbocycles. The zero-order valence-corrected chi connectivity index (χ0v) is 9.00. The first-order valence-corrected chi connectivity index (χ1v) is 0. The summed E-state index contributed by atoms with van der Waals surface area (Å²) in [5.74, 6) is 0. The zero-order chi connectivity index (χ0) is 0. The van der Waals surface area contributed by atoms with Gasteiger partial charge < -0.3 is 50.7 Å². The second kappa shape index (κ2) is 1120. The van der Waals surface area contributed by atoms with E-state index in [2.05, 4.69) is 0 Å². The monoisotopic (exact) mass is 220 g/mol. The predicted octanol–water partition coefficient (Wildman–Crippen LogP) is -10.2. The molecule has 18 N–H and O–H groups in total. The Hall–Kier alpha value is 0.990. The van der Waals surface area contributed by atoms with Crippen LogP contribution in [0, 0.1) is 0 Å². The third kappa shape index (κ3) is 906. The van der Waals surface area contributed by atoms with Crippen LogP contribution in [0.4, 0.5) is 0 Å². The molecule has 11 heavy (non-hydrogen) atoms.